The van der Waals surface area contributed by atoms with Gasteiger partial charge in [-0.05, 0) is 18.4 Å². The number of halogens is 4. The van der Waals surface area contributed by atoms with Gasteiger partial charge >= 0.3 is 5.97 Å². The third kappa shape index (κ3) is 4.31. The maximum Gasteiger partial charge on any atom is 0.313 e. The van der Waals surface area contributed by atoms with Crippen molar-refractivity contribution in [1.82, 2.24) is 5.32 Å². The van der Waals surface area contributed by atoms with Gasteiger partial charge in [-0.3, -0.25) is 9.59 Å². The van der Waals surface area contributed by atoms with Crippen molar-refractivity contribution in [2.45, 2.75) is 18.4 Å². The molecule has 3 rings (SSSR count). The summed E-state index contributed by atoms with van der Waals surface area (Å²) in [5.41, 5.74) is -0.751. The molecule has 0 aromatic heterocycles. The van der Waals surface area contributed by atoms with E-state index in [1.807, 2.05) is 0 Å². The highest BCUT2D eigenvalue weighted by Crippen LogP contribution is 2.35. The Kier molecular flexibility index (Phi) is 6.00. The fourth-order valence-corrected chi connectivity index (χ4v) is 3.47. The van der Waals surface area contributed by atoms with E-state index >= 15 is 0 Å². The van der Waals surface area contributed by atoms with Gasteiger partial charge in [0.05, 0.1) is 13.0 Å². The Hall–Kier alpha value is -3.16. The maximum absolute atomic E-state index is 14.2. The molecular weight excluding hydrogens is 390 g/mol. The molecule has 0 bridgehead atoms. The molecule has 2 aromatic rings. The molecule has 0 saturated heterocycles. The lowest BCUT2D eigenvalue weighted by Gasteiger charge is -2.22. The van der Waals surface area contributed by atoms with Crippen molar-refractivity contribution in [2.24, 2.45) is 5.92 Å². The first-order valence-electron chi connectivity index (χ1n) is 8.77. The van der Waals surface area contributed by atoms with E-state index in [1.165, 1.54) is 25.3 Å². The van der Waals surface area contributed by atoms with E-state index in [0.29, 0.717) is 12.1 Å². The van der Waals surface area contributed by atoms with Gasteiger partial charge in [0, 0.05) is 23.7 Å². The molecule has 152 valence electrons. The summed E-state index contributed by atoms with van der Waals surface area (Å²) in [5, 5.41) is 2.43. The average molecular weight is 407 g/mol. The van der Waals surface area contributed by atoms with Crippen LogP contribution in [0.1, 0.15) is 28.3 Å². The Morgan fingerprint density at radius 2 is 1.69 bits per heavy atom. The number of amides is 1. The smallest absolute Gasteiger partial charge is 0.313 e. The van der Waals surface area contributed by atoms with Crippen LogP contribution in [0.3, 0.4) is 0 Å². The van der Waals surface area contributed by atoms with Gasteiger partial charge in [0.1, 0.15) is 28.8 Å². The predicted octanol–water partition coefficient (Wildman–Crippen LogP) is 3.87. The second-order valence-electron chi connectivity index (χ2n) is 6.63. The molecule has 29 heavy (non-hydrogen) atoms. The van der Waals surface area contributed by atoms with Crippen LogP contribution < -0.4 is 5.32 Å². The highest BCUT2D eigenvalue weighted by atomic mass is 19.1. The standard InChI is InChI=1S/C21H17F4NO3/c1-29-21(28)18(14-4-2-3-5-15(14)23)11-6-7-13(8-11)26-20(27)19-16(24)9-12(22)10-17(19)25/h2-7,9-11,13,18H,8H2,1H3,(H,26,27)/t11-,13-,18+/m1/s1. The Bertz CT molecular complexity index is 953. The van der Waals surface area contributed by atoms with Crippen molar-refractivity contribution in [3.05, 3.63) is 82.9 Å². The van der Waals surface area contributed by atoms with Crippen LogP contribution >= 0.6 is 0 Å². The number of hydrogen-bond donors (Lipinski definition) is 1. The van der Waals surface area contributed by atoms with E-state index in [0.717, 1.165) is 0 Å². The Labute approximate surface area is 164 Å². The fraction of sp³-hybridized carbons (Fsp3) is 0.238. The van der Waals surface area contributed by atoms with Crippen molar-refractivity contribution in [3.63, 3.8) is 0 Å². The molecule has 1 N–H and O–H groups in total. The lowest BCUT2D eigenvalue weighted by molar-refractivity contribution is -0.143. The summed E-state index contributed by atoms with van der Waals surface area (Å²) in [6.45, 7) is 0. The monoisotopic (exact) mass is 407 g/mol. The largest absolute Gasteiger partial charge is 0.469 e. The molecule has 0 spiro atoms. The van der Waals surface area contributed by atoms with Crippen LogP contribution in [0.5, 0.6) is 0 Å². The lowest BCUT2D eigenvalue weighted by atomic mass is 9.85. The quantitative estimate of drug-likeness (QED) is 0.465. The predicted molar refractivity (Wildman–Crippen MR) is 96.0 cm³/mol. The minimum atomic E-state index is -1.32. The van der Waals surface area contributed by atoms with E-state index in [1.54, 1.807) is 18.2 Å². The zero-order chi connectivity index (χ0) is 21.1. The number of nitrogens with one attached hydrogen (secondary N) is 1. The van der Waals surface area contributed by atoms with Gasteiger partial charge in [-0.25, -0.2) is 17.6 Å². The first-order valence-corrected chi connectivity index (χ1v) is 8.77. The molecule has 1 amide bonds. The zero-order valence-electron chi connectivity index (χ0n) is 15.3. The van der Waals surface area contributed by atoms with Crippen LogP contribution in [-0.4, -0.2) is 25.0 Å². The van der Waals surface area contributed by atoms with Gasteiger partial charge in [0.2, 0.25) is 0 Å². The highest BCUT2D eigenvalue weighted by molar-refractivity contribution is 5.95. The molecule has 0 saturated carbocycles. The Morgan fingerprint density at radius 3 is 2.31 bits per heavy atom. The molecule has 0 unspecified atom stereocenters. The summed E-state index contributed by atoms with van der Waals surface area (Å²) in [7, 11) is 1.19. The molecule has 0 aliphatic heterocycles. The molecule has 1 aliphatic carbocycles. The minimum Gasteiger partial charge on any atom is -0.469 e. The van der Waals surface area contributed by atoms with E-state index in [-0.39, 0.29) is 12.0 Å². The van der Waals surface area contributed by atoms with Gasteiger partial charge in [-0.2, -0.15) is 0 Å². The Balaban J connectivity index is 1.77. The normalized spacial score (nSPS) is 19.1. The summed E-state index contributed by atoms with van der Waals surface area (Å²) in [6, 6.07) is 5.95. The number of esters is 1. The summed E-state index contributed by atoms with van der Waals surface area (Å²) in [4.78, 5) is 24.5. The van der Waals surface area contributed by atoms with Crippen LogP contribution in [0.2, 0.25) is 0 Å². The Morgan fingerprint density at radius 1 is 1.03 bits per heavy atom. The third-order valence-electron chi connectivity index (χ3n) is 4.79. The highest BCUT2D eigenvalue weighted by Gasteiger charge is 2.36. The number of carbonyl (C=O) groups excluding carboxylic acids is 2. The molecule has 0 radical (unpaired) electrons. The summed E-state index contributed by atoms with van der Waals surface area (Å²) < 4.78 is 59.6. The van der Waals surface area contributed by atoms with E-state index in [2.05, 4.69) is 5.32 Å². The van der Waals surface area contributed by atoms with Crippen LogP contribution in [0.4, 0.5) is 17.6 Å². The molecule has 1 aliphatic rings. The lowest BCUT2D eigenvalue weighted by Crippen LogP contribution is -2.35. The van der Waals surface area contributed by atoms with Crippen molar-refractivity contribution in [2.75, 3.05) is 7.11 Å². The molecule has 0 fully saturated rings. The minimum absolute atomic E-state index is 0.150. The number of carbonyl (C=O) groups is 2. The number of benzene rings is 2. The number of allylic oxidation sites excluding steroid dienone is 1. The van der Waals surface area contributed by atoms with E-state index in [4.69, 9.17) is 4.74 Å². The topological polar surface area (TPSA) is 55.4 Å². The van der Waals surface area contributed by atoms with Gasteiger partial charge in [0.25, 0.3) is 5.91 Å². The SMILES string of the molecule is COC(=O)[C@H](c1ccccc1F)[C@@H]1C=C[C@@H](NC(=O)c2c(F)cc(F)cc2F)C1. The molecule has 2 aromatic carbocycles. The van der Waals surface area contributed by atoms with Crippen molar-refractivity contribution in [1.29, 1.82) is 0 Å². The number of methoxy groups -OCH3 is 1. The molecule has 0 heterocycles. The van der Waals surface area contributed by atoms with E-state index < -0.39 is 58.6 Å². The van der Waals surface area contributed by atoms with Gasteiger partial charge < -0.3 is 10.1 Å². The first kappa shape index (κ1) is 20.6. The summed E-state index contributed by atoms with van der Waals surface area (Å²) in [6.07, 6.45) is 3.36. The van der Waals surface area contributed by atoms with Crippen molar-refractivity contribution < 1.29 is 31.9 Å². The van der Waals surface area contributed by atoms with Crippen LogP contribution in [0.15, 0.2) is 48.6 Å². The zero-order valence-corrected chi connectivity index (χ0v) is 15.3. The molecular formula is C21H17F4NO3. The third-order valence-corrected chi connectivity index (χ3v) is 4.79. The van der Waals surface area contributed by atoms with Gasteiger partial charge in [0.15, 0.2) is 0 Å². The van der Waals surface area contributed by atoms with E-state index in [9.17, 15) is 27.2 Å². The second kappa shape index (κ2) is 8.46. The number of rotatable bonds is 5. The molecule has 4 nitrogen and oxygen atoms in total. The summed E-state index contributed by atoms with van der Waals surface area (Å²) >= 11 is 0. The van der Waals surface area contributed by atoms with Crippen LogP contribution in [-0.2, 0) is 9.53 Å². The molecule has 8 heteroatoms. The van der Waals surface area contributed by atoms with Gasteiger partial charge in [-0.1, -0.05) is 30.4 Å². The van der Waals surface area contributed by atoms with Gasteiger partial charge in [-0.15, -0.1) is 0 Å². The number of hydrogen-bond acceptors (Lipinski definition) is 3. The summed E-state index contributed by atoms with van der Waals surface area (Å²) in [5.74, 6) is -7.51. The van der Waals surface area contributed by atoms with Crippen molar-refractivity contribution in [3.8, 4) is 0 Å². The molecule has 3 atom stereocenters. The second-order valence-corrected chi connectivity index (χ2v) is 6.63. The first-order chi connectivity index (χ1) is 13.8. The average Bonchev–Trinajstić information content (AvgIpc) is 3.10. The maximum atomic E-state index is 14.2. The van der Waals surface area contributed by atoms with Crippen LogP contribution in [0.25, 0.3) is 0 Å². The van der Waals surface area contributed by atoms with Crippen LogP contribution in [0, 0.1) is 29.2 Å². The fourth-order valence-electron chi connectivity index (χ4n) is 3.47. The van der Waals surface area contributed by atoms with Crippen molar-refractivity contribution >= 4 is 11.9 Å². The number of ether oxygens (including phenoxy) is 1.